The van der Waals surface area contributed by atoms with Crippen molar-refractivity contribution in [3.05, 3.63) is 23.2 Å². The minimum absolute atomic E-state index is 0.353. The van der Waals surface area contributed by atoms with E-state index in [0.29, 0.717) is 28.6 Å². The number of hydrogen-bond acceptors (Lipinski definition) is 4. The Morgan fingerprint density at radius 1 is 1.30 bits per heavy atom. The normalized spacial score (nSPS) is 26.1. The summed E-state index contributed by atoms with van der Waals surface area (Å²) in [5.74, 6) is 2.03. The first kappa shape index (κ1) is 13.4. The van der Waals surface area contributed by atoms with Crippen molar-refractivity contribution in [2.75, 3.05) is 5.73 Å². The minimum Gasteiger partial charge on any atom is -0.398 e. The largest absolute Gasteiger partial charge is 0.398 e. The molecule has 20 heavy (non-hydrogen) atoms. The number of rotatable bonds is 2. The molecule has 0 bridgehead atoms. The topological polar surface area (TPSA) is 69.6 Å². The van der Waals surface area contributed by atoms with Gasteiger partial charge in [0.1, 0.15) is 0 Å². The summed E-state index contributed by atoms with van der Waals surface area (Å²) < 4.78 is 1.94. The molecule has 1 fully saturated rings. The van der Waals surface area contributed by atoms with Crippen molar-refractivity contribution in [2.24, 2.45) is 11.8 Å². The number of nitrogens with two attached hydrogens (primary N) is 1. The van der Waals surface area contributed by atoms with E-state index >= 15 is 0 Å². The molecule has 0 radical (unpaired) electrons. The molecule has 0 saturated heterocycles. The van der Waals surface area contributed by atoms with Crippen LogP contribution in [0.5, 0.6) is 0 Å². The van der Waals surface area contributed by atoms with E-state index < -0.39 is 0 Å². The van der Waals surface area contributed by atoms with Gasteiger partial charge in [-0.1, -0.05) is 25.4 Å². The zero-order valence-electron chi connectivity index (χ0n) is 11.6. The number of anilines is 1. The third-order valence-electron chi connectivity index (χ3n) is 4.49. The summed E-state index contributed by atoms with van der Waals surface area (Å²) in [6.07, 6.45) is 2.33. The Labute approximate surface area is 123 Å². The Kier molecular flexibility index (Phi) is 3.38. The van der Waals surface area contributed by atoms with Crippen molar-refractivity contribution in [2.45, 2.75) is 32.7 Å². The maximum absolute atomic E-state index is 6.09. The smallest absolute Gasteiger partial charge is 0.182 e. The van der Waals surface area contributed by atoms with Gasteiger partial charge < -0.3 is 5.73 Å². The van der Waals surface area contributed by atoms with Gasteiger partial charge in [0, 0.05) is 5.56 Å². The van der Waals surface area contributed by atoms with Crippen molar-refractivity contribution < 1.29 is 0 Å². The standard InChI is InChI=1S/C14H18ClN5/c1-8-3-6-13(9(8)2)20-14(17-18-19-20)10-4-5-12(16)11(15)7-10/h4-5,7-9,13H,3,6,16H2,1-2H3. The average Bonchev–Trinajstić information content (AvgIpc) is 3.01. The van der Waals surface area contributed by atoms with E-state index in [1.807, 2.05) is 16.8 Å². The first-order valence-corrected chi connectivity index (χ1v) is 7.29. The summed E-state index contributed by atoms with van der Waals surface area (Å²) in [6.45, 7) is 4.55. The number of tetrazole rings is 1. The third kappa shape index (κ3) is 2.16. The molecular weight excluding hydrogens is 274 g/mol. The lowest BCUT2D eigenvalue weighted by atomic mass is 9.98. The average molecular weight is 292 g/mol. The summed E-state index contributed by atoms with van der Waals surface area (Å²) in [6, 6.07) is 5.87. The van der Waals surface area contributed by atoms with E-state index in [0.717, 1.165) is 17.8 Å². The first-order chi connectivity index (χ1) is 9.58. The molecule has 0 aliphatic heterocycles. The molecule has 2 N–H and O–H groups in total. The van der Waals surface area contributed by atoms with Gasteiger partial charge >= 0.3 is 0 Å². The minimum atomic E-state index is 0.353. The quantitative estimate of drug-likeness (QED) is 0.863. The first-order valence-electron chi connectivity index (χ1n) is 6.91. The molecule has 1 heterocycles. The lowest BCUT2D eigenvalue weighted by Crippen LogP contribution is -2.17. The van der Waals surface area contributed by atoms with Crippen LogP contribution in [0.2, 0.25) is 5.02 Å². The molecule has 1 aromatic carbocycles. The Morgan fingerprint density at radius 2 is 2.10 bits per heavy atom. The van der Waals surface area contributed by atoms with E-state index in [4.69, 9.17) is 17.3 Å². The number of hydrogen-bond donors (Lipinski definition) is 1. The fourth-order valence-corrected chi connectivity index (χ4v) is 3.14. The zero-order chi connectivity index (χ0) is 14.3. The second kappa shape index (κ2) is 5.05. The molecule has 106 valence electrons. The van der Waals surface area contributed by atoms with Crippen molar-refractivity contribution >= 4 is 17.3 Å². The maximum atomic E-state index is 6.09. The van der Waals surface area contributed by atoms with E-state index in [9.17, 15) is 0 Å². The second-order valence-corrected chi connectivity index (χ2v) is 6.07. The maximum Gasteiger partial charge on any atom is 0.182 e. The lowest BCUT2D eigenvalue weighted by Gasteiger charge is -2.19. The van der Waals surface area contributed by atoms with Crippen molar-refractivity contribution in [1.29, 1.82) is 0 Å². The van der Waals surface area contributed by atoms with Gasteiger partial charge in [0.05, 0.1) is 16.8 Å². The predicted molar refractivity (Wildman–Crippen MR) is 79.3 cm³/mol. The number of nitrogens with zero attached hydrogens (tertiary/aromatic N) is 4. The van der Waals surface area contributed by atoms with Crippen molar-refractivity contribution in [3.63, 3.8) is 0 Å². The van der Waals surface area contributed by atoms with Gasteiger partial charge in [-0.2, -0.15) is 0 Å². The van der Waals surface area contributed by atoms with E-state index in [1.54, 1.807) is 6.07 Å². The molecule has 3 atom stereocenters. The van der Waals surface area contributed by atoms with Crippen molar-refractivity contribution in [1.82, 2.24) is 20.2 Å². The summed E-state index contributed by atoms with van der Waals surface area (Å²) in [7, 11) is 0. The molecule has 0 spiro atoms. The van der Waals surface area contributed by atoms with Crippen LogP contribution in [0.1, 0.15) is 32.7 Å². The van der Waals surface area contributed by atoms with Gasteiger partial charge in [0.25, 0.3) is 0 Å². The van der Waals surface area contributed by atoms with Crippen molar-refractivity contribution in [3.8, 4) is 11.4 Å². The van der Waals surface area contributed by atoms with Crippen LogP contribution in [-0.2, 0) is 0 Å². The van der Waals surface area contributed by atoms with E-state index in [1.165, 1.54) is 6.42 Å². The van der Waals surface area contributed by atoms with E-state index in [-0.39, 0.29) is 0 Å². The molecular formula is C14H18ClN5. The summed E-state index contributed by atoms with van der Waals surface area (Å²) in [4.78, 5) is 0. The number of halogens is 1. The van der Waals surface area contributed by atoms with E-state index in [2.05, 4.69) is 29.4 Å². The molecule has 1 aromatic heterocycles. The van der Waals surface area contributed by atoms with Crippen LogP contribution in [0.15, 0.2) is 18.2 Å². The molecule has 2 aromatic rings. The zero-order valence-corrected chi connectivity index (χ0v) is 12.4. The van der Waals surface area contributed by atoms with Crippen LogP contribution in [0.4, 0.5) is 5.69 Å². The molecule has 1 saturated carbocycles. The number of benzene rings is 1. The van der Waals surface area contributed by atoms with Crippen LogP contribution in [0.25, 0.3) is 11.4 Å². The Balaban J connectivity index is 2.00. The molecule has 3 unspecified atom stereocenters. The Bertz CT molecular complexity index is 624. The SMILES string of the molecule is CC1CCC(n2nnnc2-c2ccc(N)c(Cl)c2)C1C. The molecule has 1 aliphatic carbocycles. The molecule has 0 amide bonds. The molecule has 6 heteroatoms. The van der Waals surface area contributed by atoms with Gasteiger partial charge in [-0.15, -0.1) is 5.10 Å². The Hall–Kier alpha value is -1.62. The number of nitrogen functional groups attached to an aromatic ring is 1. The van der Waals surface area contributed by atoms with Crippen LogP contribution in [-0.4, -0.2) is 20.2 Å². The van der Waals surface area contributed by atoms with Gasteiger partial charge in [0.2, 0.25) is 0 Å². The second-order valence-electron chi connectivity index (χ2n) is 5.66. The molecule has 5 nitrogen and oxygen atoms in total. The van der Waals surface area contributed by atoms with Gasteiger partial charge in [0.15, 0.2) is 5.82 Å². The highest BCUT2D eigenvalue weighted by Gasteiger charge is 2.33. The predicted octanol–water partition coefficient (Wildman–Crippen LogP) is 3.18. The fourth-order valence-electron chi connectivity index (χ4n) is 2.96. The summed E-state index contributed by atoms with van der Waals surface area (Å²) in [5.41, 5.74) is 7.22. The fraction of sp³-hybridized carbons (Fsp3) is 0.500. The third-order valence-corrected chi connectivity index (χ3v) is 4.82. The van der Waals surface area contributed by atoms with Crippen LogP contribution in [0.3, 0.4) is 0 Å². The van der Waals surface area contributed by atoms with Gasteiger partial charge in [-0.05, 0) is 53.3 Å². The summed E-state index contributed by atoms with van der Waals surface area (Å²) >= 11 is 6.09. The highest BCUT2D eigenvalue weighted by atomic mass is 35.5. The highest BCUT2D eigenvalue weighted by Crippen LogP contribution is 2.40. The van der Waals surface area contributed by atoms with Crippen LogP contribution < -0.4 is 5.73 Å². The van der Waals surface area contributed by atoms with Gasteiger partial charge in [-0.3, -0.25) is 0 Å². The lowest BCUT2D eigenvalue weighted by molar-refractivity contribution is 0.328. The monoisotopic (exact) mass is 291 g/mol. The molecule has 1 aliphatic rings. The van der Waals surface area contributed by atoms with Crippen LogP contribution in [0, 0.1) is 11.8 Å². The Morgan fingerprint density at radius 3 is 2.75 bits per heavy atom. The summed E-state index contributed by atoms with van der Waals surface area (Å²) in [5, 5.41) is 12.7. The number of aromatic nitrogens is 4. The highest BCUT2D eigenvalue weighted by molar-refractivity contribution is 6.33. The van der Waals surface area contributed by atoms with Crippen LogP contribution >= 0.6 is 11.6 Å². The van der Waals surface area contributed by atoms with Gasteiger partial charge in [-0.25, -0.2) is 4.68 Å². The molecule has 3 rings (SSSR count).